The van der Waals surface area contributed by atoms with Crippen molar-refractivity contribution in [3.63, 3.8) is 0 Å². The van der Waals surface area contributed by atoms with Crippen LogP contribution >= 0.6 is 0 Å². The van der Waals surface area contributed by atoms with Crippen LogP contribution in [0, 0.1) is 5.92 Å². The molecule has 1 unspecified atom stereocenters. The summed E-state index contributed by atoms with van der Waals surface area (Å²) >= 11 is 0. The lowest BCUT2D eigenvalue weighted by atomic mass is 10.1. The van der Waals surface area contributed by atoms with Crippen molar-refractivity contribution in [3.05, 3.63) is 89.2 Å². The molecule has 0 bridgehead atoms. The summed E-state index contributed by atoms with van der Waals surface area (Å²) in [4.78, 5) is 31.1. The minimum absolute atomic E-state index is 0.166. The predicted octanol–water partition coefficient (Wildman–Crippen LogP) is 5.61. The number of hydrogen-bond donors (Lipinski definition) is 2. The standard InChI is InChI=1S/C32H36N4O4/c1-3-22-11-13-24(14-12-22)19-33-26-18-27-28(35-31(37)25-15-17-40-21-25)29(32(38)39-2)36(30(27)34-20-26)16-7-10-23-8-5-4-6-9-23/h4-6,8-9,11-14,18,20,25,33H,3,7,10,15-17,19,21H2,1-2H3,(H,35,37). The van der Waals surface area contributed by atoms with Crippen LogP contribution in [0.4, 0.5) is 11.4 Å². The molecule has 208 valence electrons. The molecule has 1 fully saturated rings. The van der Waals surface area contributed by atoms with Gasteiger partial charge in [0, 0.05) is 25.1 Å². The summed E-state index contributed by atoms with van der Waals surface area (Å²) in [5, 5.41) is 7.18. The molecule has 2 N–H and O–H groups in total. The molecular formula is C32H36N4O4. The molecule has 2 aromatic carbocycles. The number of anilines is 2. The maximum absolute atomic E-state index is 13.2. The molecule has 1 atom stereocenters. The predicted molar refractivity (Wildman–Crippen MR) is 157 cm³/mol. The summed E-state index contributed by atoms with van der Waals surface area (Å²) in [5.41, 5.74) is 5.83. The zero-order valence-corrected chi connectivity index (χ0v) is 23.1. The molecule has 5 rings (SSSR count). The molecule has 1 aliphatic rings. The number of esters is 1. The molecule has 40 heavy (non-hydrogen) atoms. The molecule has 2 aromatic heterocycles. The number of nitrogens with zero attached hydrogens (tertiary/aromatic N) is 2. The van der Waals surface area contributed by atoms with Gasteiger partial charge < -0.3 is 24.7 Å². The fourth-order valence-electron chi connectivity index (χ4n) is 5.12. The normalized spacial score (nSPS) is 14.8. The quantitative estimate of drug-likeness (QED) is 0.240. The number of nitrogens with one attached hydrogen (secondary N) is 2. The SMILES string of the molecule is CCc1ccc(CNc2cnc3c(c2)c(NC(=O)C2CCOC2)c(C(=O)OC)n3CCCc2ccccc2)cc1. The first-order valence-electron chi connectivity index (χ1n) is 13.9. The Balaban J connectivity index is 1.48. The maximum Gasteiger partial charge on any atom is 0.356 e. The number of aryl methyl sites for hydroxylation is 3. The van der Waals surface area contributed by atoms with Gasteiger partial charge in [-0.1, -0.05) is 61.5 Å². The van der Waals surface area contributed by atoms with Crippen molar-refractivity contribution in [2.45, 2.75) is 45.7 Å². The van der Waals surface area contributed by atoms with Crippen molar-refractivity contribution >= 4 is 34.3 Å². The molecule has 1 saturated heterocycles. The van der Waals surface area contributed by atoms with Crippen molar-refractivity contribution in [2.75, 3.05) is 31.0 Å². The van der Waals surface area contributed by atoms with Crippen LogP contribution in [-0.4, -0.2) is 41.8 Å². The van der Waals surface area contributed by atoms with Gasteiger partial charge in [0.05, 0.1) is 37.2 Å². The molecule has 4 aromatic rings. The van der Waals surface area contributed by atoms with E-state index in [4.69, 9.17) is 14.5 Å². The molecule has 0 radical (unpaired) electrons. The van der Waals surface area contributed by atoms with Gasteiger partial charge >= 0.3 is 5.97 Å². The number of benzene rings is 2. The number of carbonyl (C=O) groups excluding carboxylic acids is 2. The Labute approximate surface area is 234 Å². The summed E-state index contributed by atoms with van der Waals surface area (Å²) < 4.78 is 12.5. The highest BCUT2D eigenvalue weighted by Crippen LogP contribution is 2.34. The van der Waals surface area contributed by atoms with Crippen LogP contribution in [0.15, 0.2) is 66.9 Å². The number of rotatable bonds is 11. The fourth-order valence-corrected chi connectivity index (χ4v) is 5.12. The van der Waals surface area contributed by atoms with E-state index in [0.29, 0.717) is 55.1 Å². The van der Waals surface area contributed by atoms with E-state index >= 15 is 0 Å². The van der Waals surface area contributed by atoms with E-state index in [1.807, 2.05) is 28.8 Å². The van der Waals surface area contributed by atoms with E-state index in [1.54, 1.807) is 6.20 Å². The molecule has 0 spiro atoms. The van der Waals surface area contributed by atoms with Gasteiger partial charge in [0.25, 0.3) is 0 Å². The first-order chi connectivity index (χ1) is 19.6. The van der Waals surface area contributed by atoms with Crippen molar-refractivity contribution in [2.24, 2.45) is 5.92 Å². The maximum atomic E-state index is 13.2. The third-order valence-corrected chi connectivity index (χ3v) is 7.44. The number of fused-ring (bicyclic) bond motifs is 1. The zero-order valence-electron chi connectivity index (χ0n) is 23.1. The van der Waals surface area contributed by atoms with Crippen molar-refractivity contribution in [3.8, 4) is 0 Å². The molecular weight excluding hydrogens is 504 g/mol. The summed E-state index contributed by atoms with van der Waals surface area (Å²) in [6.07, 6.45) is 5.06. The number of aromatic nitrogens is 2. The van der Waals surface area contributed by atoms with Gasteiger partial charge in [0.2, 0.25) is 5.91 Å². The van der Waals surface area contributed by atoms with E-state index in [9.17, 15) is 9.59 Å². The molecule has 8 heteroatoms. The fraction of sp³-hybridized carbons (Fsp3) is 0.344. The number of ether oxygens (including phenoxy) is 2. The summed E-state index contributed by atoms with van der Waals surface area (Å²) in [6, 6.07) is 20.7. The van der Waals surface area contributed by atoms with E-state index in [0.717, 1.165) is 30.5 Å². The van der Waals surface area contributed by atoms with Gasteiger partial charge in [-0.05, 0) is 48.4 Å². The van der Waals surface area contributed by atoms with E-state index in [1.165, 1.54) is 18.2 Å². The van der Waals surface area contributed by atoms with Gasteiger partial charge in [-0.2, -0.15) is 0 Å². The first-order valence-corrected chi connectivity index (χ1v) is 13.9. The Hall–Kier alpha value is -4.17. The second-order valence-corrected chi connectivity index (χ2v) is 10.1. The lowest BCUT2D eigenvalue weighted by Crippen LogP contribution is -2.24. The number of pyridine rings is 1. The minimum atomic E-state index is -0.513. The Kier molecular flexibility index (Phi) is 8.76. The molecule has 1 aliphatic heterocycles. The van der Waals surface area contributed by atoms with Gasteiger partial charge in [0.1, 0.15) is 5.65 Å². The van der Waals surface area contributed by atoms with Crippen LogP contribution in [0.25, 0.3) is 11.0 Å². The minimum Gasteiger partial charge on any atom is -0.464 e. The van der Waals surface area contributed by atoms with Crippen LogP contribution in [0.3, 0.4) is 0 Å². The smallest absolute Gasteiger partial charge is 0.356 e. The summed E-state index contributed by atoms with van der Waals surface area (Å²) in [6.45, 7) is 4.23. The molecule has 0 aliphatic carbocycles. The highest BCUT2D eigenvalue weighted by Gasteiger charge is 2.29. The van der Waals surface area contributed by atoms with E-state index in [-0.39, 0.29) is 11.8 Å². The highest BCUT2D eigenvalue weighted by molar-refractivity contribution is 6.11. The molecule has 1 amide bonds. The van der Waals surface area contributed by atoms with Crippen LogP contribution in [0.2, 0.25) is 0 Å². The van der Waals surface area contributed by atoms with Crippen LogP contribution in [-0.2, 0) is 40.2 Å². The second-order valence-electron chi connectivity index (χ2n) is 10.1. The first kappa shape index (κ1) is 27.4. The zero-order chi connectivity index (χ0) is 27.9. The van der Waals surface area contributed by atoms with Gasteiger partial charge in [-0.15, -0.1) is 0 Å². The third kappa shape index (κ3) is 6.18. The Morgan fingerprint density at radius 1 is 1.07 bits per heavy atom. The molecule has 8 nitrogen and oxygen atoms in total. The topological polar surface area (TPSA) is 94.5 Å². The molecule has 0 saturated carbocycles. The Bertz CT molecular complexity index is 1460. The van der Waals surface area contributed by atoms with Gasteiger partial charge in [-0.25, -0.2) is 9.78 Å². The summed E-state index contributed by atoms with van der Waals surface area (Å²) in [7, 11) is 1.36. The van der Waals surface area contributed by atoms with Crippen molar-refractivity contribution in [1.82, 2.24) is 9.55 Å². The Morgan fingerprint density at radius 2 is 1.85 bits per heavy atom. The van der Waals surface area contributed by atoms with Gasteiger partial charge in [0.15, 0.2) is 5.69 Å². The average molecular weight is 541 g/mol. The number of methoxy groups -OCH3 is 1. The average Bonchev–Trinajstić information content (AvgIpc) is 3.64. The van der Waals surface area contributed by atoms with Crippen LogP contribution in [0.1, 0.15) is 46.9 Å². The van der Waals surface area contributed by atoms with Crippen molar-refractivity contribution in [1.29, 1.82) is 0 Å². The van der Waals surface area contributed by atoms with Crippen LogP contribution < -0.4 is 10.6 Å². The number of carbonyl (C=O) groups is 2. The van der Waals surface area contributed by atoms with Gasteiger partial charge in [-0.3, -0.25) is 4.79 Å². The monoisotopic (exact) mass is 540 g/mol. The number of amides is 1. The number of hydrogen-bond acceptors (Lipinski definition) is 6. The second kappa shape index (κ2) is 12.8. The third-order valence-electron chi connectivity index (χ3n) is 7.44. The summed E-state index contributed by atoms with van der Waals surface area (Å²) in [5.74, 6) is -0.941. The van der Waals surface area contributed by atoms with Crippen molar-refractivity contribution < 1.29 is 19.1 Å². The molecule has 3 heterocycles. The highest BCUT2D eigenvalue weighted by atomic mass is 16.5. The lowest BCUT2D eigenvalue weighted by molar-refractivity contribution is -0.119. The van der Waals surface area contributed by atoms with E-state index < -0.39 is 5.97 Å². The van der Waals surface area contributed by atoms with E-state index in [2.05, 4.69) is 54.0 Å². The Morgan fingerprint density at radius 3 is 2.55 bits per heavy atom. The largest absolute Gasteiger partial charge is 0.464 e. The van der Waals surface area contributed by atoms with Crippen LogP contribution in [0.5, 0.6) is 0 Å². The lowest BCUT2D eigenvalue weighted by Gasteiger charge is -2.12.